The molecule has 2 heterocycles. The molecule has 0 aromatic heterocycles. The molecule has 0 radical (unpaired) electrons. The summed E-state index contributed by atoms with van der Waals surface area (Å²) >= 11 is 0. The zero-order valence-corrected chi connectivity index (χ0v) is 21.4. The standard InChI is InChI=1S/C22H40FO13P/c1-2-3-4-5-6-7-8-9-10-32-37(30,31)36-22-19(29)17(27)20(14(12-24)34-22)35-21-18(28)16(26)15(25)13(11-23)33-21/h2,13-22,24-29H,1,3-12H2,(H,30,31)/t13-,14-,15+,16+,17-,18-,19+,20-,21+,22-/m1/s1. The highest BCUT2D eigenvalue weighted by molar-refractivity contribution is 7.47. The first-order valence-corrected chi connectivity index (χ1v) is 13.9. The predicted molar refractivity (Wildman–Crippen MR) is 125 cm³/mol. The molecule has 2 saturated heterocycles. The van der Waals surface area contributed by atoms with Gasteiger partial charge in [-0.1, -0.05) is 31.8 Å². The van der Waals surface area contributed by atoms with E-state index >= 15 is 0 Å². The average Bonchev–Trinajstić information content (AvgIpc) is 2.87. The molecule has 2 aliphatic heterocycles. The molecular weight excluding hydrogens is 522 g/mol. The average molecular weight is 563 g/mol. The largest absolute Gasteiger partial charge is 0.474 e. The number of ether oxygens (including phenoxy) is 3. The maximum atomic E-state index is 13.1. The Morgan fingerprint density at radius 1 is 0.838 bits per heavy atom. The summed E-state index contributed by atoms with van der Waals surface area (Å²) in [4.78, 5) is 10.00. The molecule has 7 N–H and O–H groups in total. The van der Waals surface area contributed by atoms with E-state index in [1.165, 1.54) is 0 Å². The Bertz CT molecular complexity index is 714. The van der Waals surface area contributed by atoms with Crippen molar-refractivity contribution in [1.82, 2.24) is 0 Å². The molecule has 0 bridgehead atoms. The number of rotatable bonds is 16. The van der Waals surface area contributed by atoms with Crippen LogP contribution in [-0.4, -0.2) is 117 Å². The number of alkyl halides is 1. The van der Waals surface area contributed by atoms with Gasteiger partial charge < -0.3 is 49.7 Å². The fraction of sp³-hybridized carbons (Fsp3) is 0.909. The lowest BCUT2D eigenvalue weighted by Gasteiger charge is -2.45. The van der Waals surface area contributed by atoms with E-state index in [0.717, 1.165) is 38.5 Å². The quantitative estimate of drug-likeness (QED) is 0.0730. The molecule has 2 fully saturated rings. The molecule has 0 saturated carbocycles. The van der Waals surface area contributed by atoms with Gasteiger partial charge in [-0.25, -0.2) is 8.96 Å². The van der Waals surface area contributed by atoms with Crippen molar-refractivity contribution in [3.8, 4) is 0 Å². The van der Waals surface area contributed by atoms with E-state index in [0.29, 0.717) is 6.42 Å². The number of hydrogen-bond donors (Lipinski definition) is 7. The zero-order chi connectivity index (χ0) is 27.6. The van der Waals surface area contributed by atoms with Gasteiger partial charge in [-0.05, 0) is 19.3 Å². The van der Waals surface area contributed by atoms with E-state index in [4.69, 9.17) is 23.3 Å². The molecule has 0 amide bonds. The number of phosphoric acid groups is 1. The third-order valence-corrected chi connectivity index (χ3v) is 7.21. The van der Waals surface area contributed by atoms with Gasteiger partial charge >= 0.3 is 7.82 Å². The summed E-state index contributed by atoms with van der Waals surface area (Å²) in [7, 11) is -4.72. The molecule has 0 aliphatic carbocycles. The fourth-order valence-corrected chi connectivity index (χ4v) is 4.92. The molecule has 37 heavy (non-hydrogen) atoms. The lowest BCUT2D eigenvalue weighted by atomic mass is 9.97. The molecule has 0 aromatic carbocycles. The summed E-state index contributed by atoms with van der Waals surface area (Å²) in [5.74, 6) is 0. The van der Waals surface area contributed by atoms with Crippen LogP contribution in [0.25, 0.3) is 0 Å². The summed E-state index contributed by atoms with van der Waals surface area (Å²) in [6.07, 6.45) is -9.45. The Hall–Kier alpha value is -0.580. The van der Waals surface area contributed by atoms with Crippen LogP contribution in [-0.2, 0) is 27.8 Å². The molecular formula is C22H40FO13P. The van der Waals surface area contributed by atoms with Gasteiger partial charge in [-0.15, -0.1) is 6.58 Å². The van der Waals surface area contributed by atoms with Gasteiger partial charge in [-0.2, -0.15) is 0 Å². The molecule has 2 aliphatic rings. The van der Waals surface area contributed by atoms with Crippen LogP contribution in [0.4, 0.5) is 4.39 Å². The minimum absolute atomic E-state index is 0.0954. The highest BCUT2D eigenvalue weighted by Crippen LogP contribution is 2.47. The van der Waals surface area contributed by atoms with Crippen LogP contribution in [0.2, 0.25) is 0 Å². The SMILES string of the molecule is C=CCCCCCCCCOP(=O)(O)O[C@H]1O[C@H](CO)[C@@H](O[C@@H]2O[C@H](CF)[C@H](O)[C@H](O)[C@H]2O)[C@H](O)[C@@H]1O. The predicted octanol–water partition coefficient (Wildman–Crippen LogP) is -0.362. The number of aliphatic hydroxyl groups excluding tert-OH is 6. The van der Waals surface area contributed by atoms with Crippen LogP contribution in [0.5, 0.6) is 0 Å². The Kier molecular flexibility index (Phi) is 14.0. The van der Waals surface area contributed by atoms with E-state index in [2.05, 4.69) is 6.58 Å². The van der Waals surface area contributed by atoms with Crippen molar-refractivity contribution in [2.24, 2.45) is 0 Å². The molecule has 218 valence electrons. The summed E-state index contributed by atoms with van der Waals surface area (Å²) in [6, 6.07) is 0. The zero-order valence-electron chi connectivity index (χ0n) is 20.5. The van der Waals surface area contributed by atoms with Crippen molar-refractivity contribution >= 4 is 7.82 Å². The molecule has 0 aromatic rings. The molecule has 1 unspecified atom stereocenters. The summed E-state index contributed by atoms with van der Waals surface area (Å²) < 4.78 is 50.9. The second-order valence-corrected chi connectivity index (χ2v) is 10.5. The summed E-state index contributed by atoms with van der Waals surface area (Å²) in [6.45, 7) is 1.51. The summed E-state index contributed by atoms with van der Waals surface area (Å²) in [5, 5.41) is 60.4. The van der Waals surface area contributed by atoms with Crippen LogP contribution in [0.3, 0.4) is 0 Å². The van der Waals surface area contributed by atoms with Crippen molar-refractivity contribution in [2.75, 3.05) is 19.9 Å². The normalized spacial score (nSPS) is 38.3. The number of allylic oxidation sites excluding steroid dienone is 1. The molecule has 13 nitrogen and oxygen atoms in total. The van der Waals surface area contributed by atoms with Crippen LogP contribution in [0.15, 0.2) is 12.7 Å². The highest BCUT2D eigenvalue weighted by Gasteiger charge is 2.52. The second-order valence-electron chi connectivity index (χ2n) is 9.08. The van der Waals surface area contributed by atoms with Crippen molar-refractivity contribution in [2.45, 2.75) is 106 Å². The van der Waals surface area contributed by atoms with Crippen molar-refractivity contribution in [3.63, 3.8) is 0 Å². The van der Waals surface area contributed by atoms with Crippen molar-refractivity contribution in [3.05, 3.63) is 12.7 Å². The van der Waals surface area contributed by atoms with Gasteiger partial charge in [0.25, 0.3) is 0 Å². The van der Waals surface area contributed by atoms with Crippen LogP contribution in [0.1, 0.15) is 44.9 Å². The lowest BCUT2D eigenvalue weighted by molar-refractivity contribution is -0.352. The van der Waals surface area contributed by atoms with Gasteiger partial charge in [0.2, 0.25) is 0 Å². The Balaban J connectivity index is 1.87. The van der Waals surface area contributed by atoms with Crippen molar-refractivity contribution < 1.29 is 67.7 Å². The van der Waals surface area contributed by atoms with E-state index in [1.807, 2.05) is 6.08 Å². The van der Waals surface area contributed by atoms with Crippen LogP contribution < -0.4 is 0 Å². The molecule has 2 rings (SSSR count). The molecule has 11 atom stereocenters. The minimum atomic E-state index is -4.72. The van der Waals surface area contributed by atoms with E-state index in [1.54, 1.807) is 0 Å². The summed E-state index contributed by atoms with van der Waals surface area (Å²) in [5.41, 5.74) is 0. The third-order valence-electron chi connectivity index (χ3n) is 6.23. The number of aliphatic hydroxyl groups is 6. The number of halogens is 1. The van der Waals surface area contributed by atoms with Gasteiger partial charge in [0, 0.05) is 0 Å². The van der Waals surface area contributed by atoms with Gasteiger partial charge in [0.15, 0.2) is 12.6 Å². The van der Waals surface area contributed by atoms with Crippen LogP contribution in [0, 0.1) is 0 Å². The Morgan fingerprint density at radius 2 is 1.43 bits per heavy atom. The van der Waals surface area contributed by atoms with Gasteiger partial charge in [-0.3, -0.25) is 9.05 Å². The first kappa shape index (κ1) is 32.6. The molecule has 0 spiro atoms. The lowest BCUT2D eigenvalue weighted by Crippen LogP contribution is -2.64. The number of phosphoric ester groups is 1. The third kappa shape index (κ3) is 9.53. The molecule has 15 heteroatoms. The van der Waals surface area contributed by atoms with E-state index < -0.39 is 82.5 Å². The van der Waals surface area contributed by atoms with Crippen LogP contribution >= 0.6 is 7.82 Å². The maximum absolute atomic E-state index is 13.1. The maximum Gasteiger partial charge on any atom is 0.474 e. The number of unbranched alkanes of at least 4 members (excludes halogenated alkanes) is 6. The first-order chi connectivity index (χ1) is 17.6. The van der Waals surface area contributed by atoms with Gasteiger partial charge in [0.05, 0.1) is 13.2 Å². The highest BCUT2D eigenvalue weighted by atomic mass is 31.2. The van der Waals surface area contributed by atoms with Gasteiger partial charge in [0.1, 0.15) is 55.5 Å². The Labute approximate surface area is 215 Å². The Morgan fingerprint density at radius 3 is 2.05 bits per heavy atom. The second kappa shape index (κ2) is 15.9. The topological polar surface area (TPSA) is 205 Å². The minimum Gasteiger partial charge on any atom is -0.394 e. The van der Waals surface area contributed by atoms with E-state index in [9.17, 15) is 44.5 Å². The fourth-order valence-electron chi connectivity index (χ4n) is 4.06. The monoisotopic (exact) mass is 562 g/mol. The van der Waals surface area contributed by atoms with Crippen molar-refractivity contribution in [1.29, 1.82) is 0 Å². The number of hydrogen-bond acceptors (Lipinski definition) is 12. The van der Waals surface area contributed by atoms with E-state index in [-0.39, 0.29) is 6.61 Å². The first-order valence-electron chi connectivity index (χ1n) is 12.4. The smallest absolute Gasteiger partial charge is 0.394 e.